The smallest absolute Gasteiger partial charge is 0.143 e. The summed E-state index contributed by atoms with van der Waals surface area (Å²) in [6.45, 7) is 0. The lowest BCUT2D eigenvalue weighted by Gasteiger charge is -1.98. The molecule has 0 fully saturated rings. The maximum atomic E-state index is 5.61. The largest absolute Gasteiger partial charge is 0.308 e. The summed E-state index contributed by atoms with van der Waals surface area (Å²) in [6, 6.07) is 3.11. The molecule has 0 saturated carbocycles. The van der Waals surface area contributed by atoms with Gasteiger partial charge in [-0.1, -0.05) is 23.2 Å². The number of nitrogens with one attached hydrogen (secondary N) is 1. The number of aromatic nitrogens is 1. The molecule has 0 unspecified atom stereocenters. The Morgan fingerprint density at radius 3 is 2.45 bits per heavy atom. The molecule has 0 spiro atoms. The van der Waals surface area contributed by atoms with E-state index < -0.39 is 0 Å². The number of hydrogen-bond donors (Lipinski definition) is 2. The molecule has 0 saturated heterocycles. The van der Waals surface area contributed by atoms with E-state index in [1.807, 2.05) is 0 Å². The molecule has 1 aromatic rings. The molecule has 3 nitrogen and oxygen atoms in total. The molecule has 1 rings (SSSR count). The highest BCUT2D eigenvalue weighted by molar-refractivity contribution is 6.34. The van der Waals surface area contributed by atoms with Crippen LogP contribution in [0.2, 0.25) is 10.2 Å². The number of hydrogen-bond acceptors (Lipinski definition) is 3. The van der Waals surface area contributed by atoms with E-state index in [1.54, 1.807) is 6.07 Å². The van der Waals surface area contributed by atoms with Crippen LogP contribution >= 0.6 is 35.6 Å². The van der Waals surface area contributed by atoms with Crippen LogP contribution in [0.4, 0.5) is 5.82 Å². The van der Waals surface area contributed by atoms with Crippen molar-refractivity contribution in [2.45, 2.75) is 0 Å². The van der Waals surface area contributed by atoms with Crippen molar-refractivity contribution in [2.75, 3.05) is 5.43 Å². The number of hydrazine groups is 1. The maximum absolute atomic E-state index is 5.61. The first kappa shape index (κ1) is 10.8. The van der Waals surface area contributed by atoms with Crippen molar-refractivity contribution in [1.29, 1.82) is 0 Å². The predicted octanol–water partition coefficient (Wildman–Crippen LogP) is 2.10. The van der Waals surface area contributed by atoms with Crippen LogP contribution in [-0.4, -0.2) is 4.98 Å². The first-order chi connectivity index (χ1) is 4.72. The Hall–Kier alpha value is -0.220. The summed E-state index contributed by atoms with van der Waals surface area (Å²) < 4.78 is 0. The minimum Gasteiger partial charge on any atom is -0.308 e. The summed E-state index contributed by atoms with van der Waals surface area (Å²) in [5.74, 6) is 5.51. The van der Waals surface area contributed by atoms with Crippen molar-refractivity contribution in [3.63, 3.8) is 0 Å². The second-order valence-electron chi connectivity index (χ2n) is 1.64. The zero-order valence-electron chi connectivity index (χ0n) is 5.34. The van der Waals surface area contributed by atoms with Crippen LogP contribution in [0, 0.1) is 0 Å². The third kappa shape index (κ3) is 3.12. The average Bonchev–Trinajstić information content (AvgIpc) is 1.85. The molecule has 0 aliphatic carbocycles. The summed E-state index contributed by atoms with van der Waals surface area (Å²) in [5.41, 5.74) is 2.33. The lowest BCUT2D eigenvalue weighted by Crippen LogP contribution is -2.08. The van der Waals surface area contributed by atoms with E-state index in [0.29, 0.717) is 16.0 Å². The van der Waals surface area contributed by atoms with Gasteiger partial charge in [-0.05, 0) is 6.07 Å². The first-order valence-corrected chi connectivity index (χ1v) is 3.27. The Morgan fingerprint density at radius 2 is 2.00 bits per heavy atom. The zero-order chi connectivity index (χ0) is 7.56. The van der Waals surface area contributed by atoms with Crippen molar-refractivity contribution < 1.29 is 0 Å². The van der Waals surface area contributed by atoms with E-state index in [9.17, 15) is 0 Å². The van der Waals surface area contributed by atoms with E-state index in [4.69, 9.17) is 29.0 Å². The van der Waals surface area contributed by atoms with Crippen molar-refractivity contribution >= 4 is 41.4 Å². The average molecular weight is 214 g/mol. The predicted molar refractivity (Wildman–Crippen MR) is 49.3 cm³/mol. The Morgan fingerprint density at radius 1 is 1.36 bits per heavy atom. The number of halogens is 3. The van der Waals surface area contributed by atoms with Gasteiger partial charge in [-0.15, -0.1) is 12.4 Å². The highest BCUT2D eigenvalue weighted by atomic mass is 35.5. The van der Waals surface area contributed by atoms with Crippen molar-refractivity contribution in [3.8, 4) is 0 Å². The SMILES string of the molecule is Cl.NNc1cc(Cl)cc(Cl)n1. The standard InChI is InChI=1S/C5H5Cl2N3.ClH/c6-3-1-4(7)9-5(2-3)10-8;/h1-2H,8H2,(H,9,10);1H. The Bertz CT molecular complexity index is 220. The van der Waals surface area contributed by atoms with Crippen LogP contribution < -0.4 is 11.3 Å². The summed E-state index contributed by atoms with van der Waals surface area (Å²) >= 11 is 11.1. The molecule has 62 valence electrons. The summed E-state index contributed by atoms with van der Waals surface area (Å²) in [6.07, 6.45) is 0. The fraction of sp³-hybridized carbons (Fsp3) is 0. The van der Waals surface area contributed by atoms with E-state index in [2.05, 4.69) is 10.4 Å². The number of rotatable bonds is 1. The topological polar surface area (TPSA) is 50.9 Å². The van der Waals surface area contributed by atoms with Gasteiger partial charge in [0.1, 0.15) is 11.0 Å². The van der Waals surface area contributed by atoms with Crippen molar-refractivity contribution in [3.05, 3.63) is 22.3 Å². The normalized spacial score (nSPS) is 8.64. The van der Waals surface area contributed by atoms with Gasteiger partial charge in [0.2, 0.25) is 0 Å². The molecule has 1 heterocycles. The molecule has 0 aliphatic rings. The van der Waals surface area contributed by atoms with Crippen LogP contribution in [0.1, 0.15) is 0 Å². The highest BCUT2D eigenvalue weighted by Gasteiger charge is 1.95. The third-order valence-corrected chi connectivity index (χ3v) is 1.32. The second-order valence-corrected chi connectivity index (χ2v) is 2.46. The lowest BCUT2D eigenvalue weighted by molar-refractivity contribution is 1.23. The van der Waals surface area contributed by atoms with Gasteiger partial charge < -0.3 is 5.43 Å². The van der Waals surface area contributed by atoms with Crippen LogP contribution in [0.3, 0.4) is 0 Å². The van der Waals surface area contributed by atoms with Crippen LogP contribution in [0.5, 0.6) is 0 Å². The molecule has 11 heavy (non-hydrogen) atoms. The summed E-state index contributed by atoms with van der Waals surface area (Å²) in [5, 5.41) is 0.827. The van der Waals surface area contributed by atoms with Gasteiger partial charge in [0.15, 0.2) is 0 Å². The quantitative estimate of drug-likeness (QED) is 0.428. The Balaban J connectivity index is 0.000001000. The van der Waals surface area contributed by atoms with E-state index in [-0.39, 0.29) is 12.4 Å². The summed E-state index contributed by atoms with van der Waals surface area (Å²) in [7, 11) is 0. The lowest BCUT2D eigenvalue weighted by atomic mass is 10.5. The minimum absolute atomic E-state index is 0. The molecular formula is C5H6Cl3N3. The molecule has 6 heteroatoms. The third-order valence-electron chi connectivity index (χ3n) is 0.907. The van der Waals surface area contributed by atoms with Crippen LogP contribution in [0.15, 0.2) is 12.1 Å². The van der Waals surface area contributed by atoms with Gasteiger partial charge in [0.05, 0.1) is 0 Å². The van der Waals surface area contributed by atoms with E-state index >= 15 is 0 Å². The number of pyridine rings is 1. The first-order valence-electron chi connectivity index (χ1n) is 2.52. The van der Waals surface area contributed by atoms with Gasteiger partial charge in [-0.3, -0.25) is 0 Å². The zero-order valence-corrected chi connectivity index (χ0v) is 7.67. The van der Waals surface area contributed by atoms with Gasteiger partial charge >= 0.3 is 0 Å². The molecule has 3 N–H and O–H groups in total. The highest BCUT2D eigenvalue weighted by Crippen LogP contribution is 2.17. The molecule has 0 amide bonds. The fourth-order valence-electron chi connectivity index (χ4n) is 0.540. The molecule has 1 aromatic heterocycles. The maximum Gasteiger partial charge on any atom is 0.143 e. The number of nitrogens with two attached hydrogens (primary N) is 1. The van der Waals surface area contributed by atoms with Crippen molar-refractivity contribution in [2.24, 2.45) is 5.84 Å². The molecule has 0 radical (unpaired) electrons. The van der Waals surface area contributed by atoms with Gasteiger partial charge in [-0.2, -0.15) is 0 Å². The molecule has 0 bridgehead atoms. The summed E-state index contributed by atoms with van der Waals surface area (Å²) in [4.78, 5) is 3.80. The molecule has 0 aliphatic heterocycles. The molecule has 0 atom stereocenters. The van der Waals surface area contributed by atoms with Crippen LogP contribution in [-0.2, 0) is 0 Å². The van der Waals surface area contributed by atoms with E-state index in [1.165, 1.54) is 6.07 Å². The monoisotopic (exact) mass is 213 g/mol. The van der Waals surface area contributed by atoms with Crippen molar-refractivity contribution in [1.82, 2.24) is 4.98 Å². The van der Waals surface area contributed by atoms with E-state index in [0.717, 1.165) is 0 Å². The minimum atomic E-state index is 0. The molecular weight excluding hydrogens is 208 g/mol. The van der Waals surface area contributed by atoms with Gasteiger partial charge in [0, 0.05) is 11.1 Å². The van der Waals surface area contributed by atoms with Gasteiger partial charge in [-0.25, -0.2) is 10.8 Å². The van der Waals surface area contributed by atoms with Crippen LogP contribution in [0.25, 0.3) is 0 Å². The Kier molecular flexibility index (Phi) is 4.52. The Labute approximate surface area is 80.3 Å². The number of nitrogens with zero attached hydrogens (tertiary/aromatic N) is 1. The second kappa shape index (κ2) is 4.62. The number of nitrogen functional groups attached to an aromatic ring is 1. The molecule has 0 aromatic carbocycles. The number of anilines is 1. The van der Waals surface area contributed by atoms with Gasteiger partial charge in [0.25, 0.3) is 0 Å². The fourth-order valence-corrected chi connectivity index (χ4v) is 1.01.